The van der Waals surface area contributed by atoms with Crippen LogP contribution in [-0.2, 0) is 39.8 Å². The van der Waals surface area contributed by atoms with Crippen molar-refractivity contribution in [1.82, 2.24) is 0 Å². The number of hydrogen-bond acceptors (Lipinski definition) is 0. The van der Waals surface area contributed by atoms with E-state index < -0.39 is 0 Å². The molecule has 0 aliphatic heterocycles. The summed E-state index contributed by atoms with van der Waals surface area (Å²) in [4.78, 5) is 0. The monoisotopic (exact) mass is 447 g/mol. The molecule has 2 heteroatoms. The van der Waals surface area contributed by atoms with Crippen LogP contribution in [-0.4, -0.2) is 0 Å². The number of pyridine rings is 1. The minimum Gasteiger partial charge on any atom is -0.234 e. The fraction of sp³-hybridized carbons (Fsp3) is 0.0741. The van der Waals surface area contributed by atoms with Crippen LogP contribution in [0.25, 0.3) is 43.9 Å². The topological polar surface area (TPSA) is 3.88 Å². The van der Waals surface area contributed by atoms with Gasteiger partial charge in [0.2, 0.25) is 0 Å². The molecule has 1 radical (unpaired) electrons. The normalized spacial score (nSPS) is 10.8. The van der Waals surface area contributed by atoms with E-state index in [9.17, 15) is 0 Å². The van der Waals surface area contributed by atoms with Gasteiger partial charge in [-0.3, -0.25) is 0 Å². The number of aryl methyl sites for hydroxylation is 2. The van der Waals surface area contributed by atoms with Crippen LogP contribution in [0.5, 0.6) is 0 Å². The van der Waals surface area contributed by atoms with Gasteiger partial charge in [0, 0.05) is 38.8 Å². The van der Waals surface area contributed by atoms with E-state index in [1.54, 1.807) is 0 Å². The van der Waals surface area contributed by atoms with Gasteiger partial charge in [0.15, 0.2) is 6.20 Å². The first-order chi connectivity index (χ1) is 13.7. The summed E-state index contributed by atoms with van der Waals surface area (Å²) in [5, 5.41) is 4.95. The van der Waals surface area contributed by atoms with E-state index in [-0.39, 0.29) is 32.7 Å². The first kappa shape index (κ1) is 19.9. The molecular weight excluding hydrogens is 427 g/mol. The molecule has 137 valence electrons. The van der Waals surface area contributed by atoms with E-state index in [1.807, 2.05) is 12.1 Å². The second kappa shape index (κ2) is 8.18. The predicted molar refractivity (Wildman–Crippen MR) is 116 cm³/mol. The number of hydrogen-bond donors (Lipinski definition) is 0. The van der Waals surface area contributed by atoms with Gasteiger partial charge in [0.25, 0.3) is 0 Å². The molecule has 1 heterocycles. The van der Waals surface area contributed by atoms with Crippen molar-refractivity contribution in [2.75, 3.05) is 0 Å². The van der Waals surface area contributed by atoms with E-state index in [4.69, 9.17) is 0 Å². The number of rotatable bonds is 2. The molecule has 0 atom stereocenters. The van der Waals surface area contributed by atoms with Gasteiger partial charge in [-0.1, -0.05) is 55.0 Å². The van der Waals surface area contributed by atoms with E-state index in [0.717, 1.165) is 22.4 Å². The predicted octanol–water partition coefficient (Wildman–Crippen LogP) is 6.06. The zero-order valence-electron chi connectivity index (χ0n) is 16.6. The molecule has 5 aromatic rings. The van der Waals surface area contributed by atoms with E-state index in [0.29, 0.717) is 0 Å². The molecule has 29 heavy (non-hydrogen) atoms. The number of nitrogens with zero attached hydrogens (tertiary/aromatic N) is 1. The molecule has 1 nitrogen and oxygen atoms in total. The Morgan fingerprint density at radius 3 is 2.31 bits per heavy atom. The Balaban J connectivity index is 0.00000205. The van der Waals surface area contributed by atoms with Crippen molar-refractivity contribution in [2.24, 2.45) is 7.05 Å². The SMILES string of the molecule is Cc1ccc(-c2[c-]ccc3cc4ccccc4cc23)[c-]c1-c1cccc[n+]1C.[Y]. The Kier molecular flexibility index (Phi) is 5.63. The molecule has 4 aromatic carbocycles. The smallest absolute Gasteiger partial charge is 0.161 e. The van der Waals surface area contributed by atoms with Gasteiger partial charge in [-0.2, -0.15) is 29.8 Å². The van der Waals surface area contributed by atoms with Crippen LogP contribution >= 0.6 is 0 Å². The minimum atomic E-state index is 0. The van der Waals surface area contributed by atoms with Gasteiger partial charge in [-0.05, 0) is 16.8 Å². The van der Waals surface area contributed by atoms with Crippen molar-refractivity contribution in [2.45, 2.75) is 6.92 Å². The number of aromatic nitrogens is 1. The third kappa shape index (κ3) is 3.66. The molecule has 0 unspecified atom stereocenters. The Bertz CT molecular complexity index is 1340. The summed E-state index contributed by atoms with van der Waals surface area (Å²) in [5.74, 6) is 0. The Morgan fingerprint density at radius 2 is 1.52 bits per heavy atom. The molecule has 0 aliphatic rings. The average molecular weight is 447 g/mol. The van der Waals surface area contributed by atoms with Gasteiger partial charge in [-0.25, -0.2) is 10.1 Å². The summed E-state index contributed by atoms with van der Waals surface area (Å²) in [6.45, 7) is 2.14. The van der Waals surface area contributed by atoms with Gasteiger partial charge in [0.1, 0.15) is 12.7 Å². The summed E-state index contributed by atoms with van der Waals surface area (Å²) in [5.41, 5.74) is 5.68. The third-order valence-corrected chi connectivity index (χ3v) is 5.41. The van der Waals surface area contributed by atoms with Crippen molar-refractivity contribution < 1.29 is 37.3 Å². The van der Waals surface area contributed by atoms with Crippen molar-refractivity contribution in [1.29, 1.82) is 0 Å². The molecule has 0 fully saturated rings. The average Bonchev–Trinajstić information content (AvgIpc) is 2.73. The molecule has 5 rings (SSSR count). The molecule has 1 aromatic heterocycles. The molecule has 0 saturated carbocycles. The molecule has 0 aliphatic carbocycles. The quantitative estimate of drug-likeness (QED) is 0.176. The van der Waals surface area contributed by atoms with Crippen molar-refractivity contribution >= 4 is 21.5 Å². The van der Waals surface area contributed by atoms with Gasteiger partial charge in [-0.15, -0.1) is 28.5 Å². The summed E-state index contributed by atoms with van der Waals surface area (Å²) in [6, 6.07) is 34.9. The maximum absolute atomic E-state index is 3.67. The van der Waals surface area contributed by atoms with Gasteiger partial charge >= 0.3 is 0 Å². The van der Waals surface area contributed by atoms with Crippen molar-refractivity contribution in [3.8, 4) is 22.4 Å². The molecule has 0 bridgehead atoms. The Morgan fingerprint density at radius 1 is 0.759 bits per heavy atom. The fourth-order valence-corrected chi connectivity index (χ4v) is 3.89. The Hall–Kier alpha value is -2.35. The molecule has 0 spiro atoms. The summed E-state index contributed by atoms with van der Waals surface area (Å²) < 4.78 is 2.14. The number of fused-ring (bicyclic) bond motifs is 2. The Labute approximate surface area is 196 Å². The first-order valence-electron chi connectivity index (χ1n) is 9.52. The second-order valence-electron chi connectivity index (χ2n) is 7.27. The van der Waals surface area contributed by atoms with Crippen LogP contribution in [0.3, 0.4) is 0 Å². The van der Waals surface area contributed by atoms with Gasteiger partial charge in [0.05, 0.1) is 0 Å². The van der Waals surface area contributed by atoms with Crippen LogP contribution in [0.15, 0.2) is 85.1 Å². The number of benzene rings is 4. The second-order valence-corrected chi connectivity index (χ2v) is 7.27. The van der Waals surface area contributed by atoms with Crippen LogP contribution < -0.4 is 4.57 Å². The van der Waals surface area contributed by atoms with E-state index in [1.165, 1.54) is 27.1 Å². The zero-order chi connectivity index (χ0) is 19.1. The maximum atomic E-state index is 3.67. The fourth-order valence-electron chi connectivity index (χ4n) is 3.89. The summed E-state index contributed by atoms with van der Waals surface area (Å²) >= 11 is 0. The van der Waals surface area contributed by atoms with Crippen LogP contribution in [0, 0.1) is 19.1 Å². The summed E-state index contributed by atoms with van der Waals surface area (Å²) in [6.07, 6.45) is 2.07. The first-order valence-corrected chi connectivity index (χ1v) is 9.52. The zero-order valence-corrected chi connectivity index (χ0v) is 19.4. The van der Waals surface area contributed by atoms with Gasteiger partial charge < -0.3 is 0 Å². The third-order valence-electron chi connectivity index (χ3n) is 5.41. The van der Waals surface area contributed by atoms with Crippen molar-refractivity contribution in [3.05, 3.63) is 103 Å². The van der Waals surface area contributed by atoms with Crippen LogP contribution in [0.2, 0.25) is 0 Å². The summed E-state index contributed by atoms with van der Waals surface area (Å²) in [7, 11) is 2.07. The standard InChI is InChI=1S/C27H20N.Y/c1-19-13-14-23(18-25(19)27-12-5-6-15-28(27)2)24-11-7-10-22-16-20-8-3-4-9-21(20)17-26(22)24;/h3-10,12-17H,1-2H3;/q-1;. The molecular formula is C27H20NY-. The molecule has 0 N–H and O–H groups in total. The molecule has 0 amide bonds. The van der Waals surface area contributed by atoms with Crippen molar-refractivity contribution in [3.63, 3.8) is 0 Å². The molecule has 0 saturated heterocycles. The van der Waals surface area contributed by atoms with Crippen LogP contribution in [0.4, 0.5) is 0 Å². The van der Waals surface area contributed by atoms with E-state index >= 15 is 0 Å². The maximum Gasteiger partial charge on any atom is 0.161 e. The largest absolute Gasteiger partial charge is 0.234 e. The minimum absolute atomic E-state index is 0. The van der Waals surface area contributed by atoms with Crippen LogP contribution in [0.1, 0.15) is 5.56 Å². The van der Waals surface area contributed by atoms with E-state index in [2.05, 4.69) is 104 Å².